The molecule has 0 aliphatic carbocycles. The second-order valence-corrected chi connectivity index (χ2v) is 15.6. The third kappa shape index (κ3) is 26.3. The Labute approximate surface area is 352 Å². The zero-order valence-electron chi connectivity index (χ0n) is 37.1. The molecule has 11 nitrogen and oxygen atoms in total. The molecule has 0 radical (unpaired) electrons. The van der Waals surface area contributed by atoms with Gasteiger partial charge in [0.2, 0.25) is 0 Å². The molecule has 0 spiro atoms. The van der Waals surface area contributed by atoms with E-state index < -0.39 is 5.97 Å². The highest BCUT2D eigenvalue weighted by Crippen LogP contribution is 2.31. The Morgan fingerprint density at radius 1 is 0.621 bits per heavy atom. The fraction of sp³-hybridized carbons (Fsp3) is 0.809. The summed E-state index contributed by atoms with van der Waals surface area (Å²) in [4.78, 5) is 11.6. The van der Waals surface area contributed by atoms with E-state index in [1.54, 1.807) is 27.4 Å². The molecule has 0 aromatic heterocycles. The molecule has 1 aromatic carbocycles. The van der Waals surface area contributed by atoms with Crippen molar-refractivity contribution >= 4 is 5.97 Å². The minimum absolute atomic E-state index is 0.00799. The summed E-state index contributed by atoms with van der Waals surface area (Å²) < 4.78 is 57.6. The minimum atomic E-state index is -0.394. The van der Waals surface area contributed by atoms with Gasteiger partial charge in [-0.25, -0.2) is 4.79 Å². The van der Waals surface area contributed by atoms with Crippen LogP contribution in [0.4, 0.5) is 0 Å². The Morgan fingerprint density at radius 3 is 1.74 bits per heavy atom. The number of carbonyl (C=O) groups is 1. The number of methoxy groups -OCH3 is 4. The Morgan fingerprint density at radius 2 is 1.12 bits per heavy atom. The van der Waals surface area contributed by atoms with E-state index in [9.17, 15) is 4.79 Å². The van der Waals surface area contributed by atoms with Crippen LogP contribution in [0, 0.1) is 0 Å². The van der Waals surface area contributed by atoms with Gasteiger partial charge in [0.05, 0.1) is 50.3 Å². The standard InChI is InChI=1S/C47H82O11/c1-6-7-8-9-10-11-12-13-14-21-29-43(56-38-51-4)45-32-33-46(58-45)44(57-39-53-35-40-24-17-15-18-25-40)30-23-22-28-41(54-36-49-2)26-19-16-20-27-42(55-37-50-3)31-34-47(48)52-5/h15,17-18,24-25,31,34,41-46H,6-14,16,19-23,26-30,32-33,35-39H2,1-5H3/b34-31+/t41?,42-,43+,44-,45+,46+/m1/s1. The molecule has 336 valence electrons. The SMILES string of the molecule is CCCCCCCCCCCC[C@H](OCOC)[C@@H]1CC[C@@H]([C@@H](CCCCC(CCCCC[C@H](/C=C/C(=O)OC)OCOC)OCOC)OCOCc2ccccc2)O1. The van der Waals surface area contributed by atoms with Crippen molar-refractivity contribution in [3.8, 4) is 0 Å². The van der Waals surface area contributed by atoms with Gasteiger partial charge in [0.1, 0.15) is 27.2 Å². The molecule has 1 unspecified atom stereocenters. The van der Waals surface area contributed by atoms with Gasteiger partial charge in [-0.15, -0.1) is 0 Å². The van der Waals surface area contributed by atoms with E-state index in [1.807, 2.05) is 18.2 Å². The lowest BCUT2D eigenvalue weighted by Gasteiger charge is -2.27. The first kappa shape index (κ1) is 52.2. The quantitative estimate of drug-likeness (QED) is 0.0273. The second kappa shape index (κ2) is 36.9. The summed E-state index contributed by atoms with van der Waals surface area (Å²) in [5.41, 5.74) is 1.13. The highest BCUT2D eigenvalue weighted by atomic mass is 16.7. The fourth-order valence-electron chi connectivity index (χ4n) is 7.58. The molecular formula is C47H82O11. The Hall–Kier alpha value is -1.93. The molecule has 0 saturated carbocycles. The van der Waals surface area contributed by atoms with Gasteiger partial charge in [-0.2, -0.15) is 0 Å². The van der Waals surface area contributed by atoms with Gasteiger partial charge < -0.3 is 47.4 Å². The van der Waals surface area contributed by atoms with E-state index in [0.29, 0.717) is 6.61 Å². The van der Waals surface area contributed by atoms with Crippen molar-refractivity contribution in [2.75, 3.05) is 55.6 Å². The highest BCUT2D eigenvalue weighted by molar-refractivity contribution is 5.81. The number of rotatable bonds is 40. The van der Waals surface area contributed by atoms with E-state index >= 15 is 0 Å². The number of carbonyl (C=O) groups excluding carboxylic acids is 1. The lowest BCUT2D eigenvalue weighted by atomic mass is 9.99. The van der Waals surface area contributed by atoms with Crippen molar-refractivity contribution in [1.29, 1.82) is 0 Å². The van der Waals surface area contributed by atoms with Gasteiger partial charge in [0.25, 0.3) is 0 Å². The van der Waals surface area contributed by atoms with E-state index in [-0.39, 0.29) is 63.8 Å². The molecular weight excluding hydrogens is 741 g/mol. The summed E-state index contributed by atoms with van der Waals surface area (Å²) in [7, 11) is 6.30. The Balaban J connectivity index is 1.87. The van der Waals surface area contributed by atoms with E-state index in [0.717, 1.165) is 89.0 Å². The van der Waals surface area contributed by atoms with Crippen molar-refractivity contribution < 1.29 is 52.2 Å². The number of ether oxygens (including phenoxy) is 10. The van der Waals surface area contributed by atoms with Gasteiger partial charge in [0, 0.05) is 27.4 Å². The molecule has 1 aromatic rings. The first-order valence-corrected chi connectivity index (χ1v) is 22.5. The van der Waals surface area contributed by atoms with Crippen LogP contribution < -0.4 is 0 Å². The Bertz CT molecular complexity index is 1090. The number of benzene rings is 1. The highest BCUT2D eigenvalue weighted by Gasteiger charge is 2.36. The molecule has 1 fully saturated rings. The van der Waals surface area contributed by atoms with Crippen LogP contribution in [0.1, 0.15) is 154 Å². The monoisotopic (exact) mass is 823 g/mol. The molecule has 11 heteroatoms. The Kier molecular flexibility index (Phi) is 33.2. The lowest BCUT2D eigenvalue weighted by Crippen LogP contribution is -2.34. The average molecular weight is 823 g/mol. The van der Waals surface area contributed by atoms with Crippen molar-refractivity contribution in [1.82, 2.24) is 0 Å². The number of unbranched alkanes of at least 4 members (excludes halogenated alkanes) is 12. The fourth-order valence-corrected chi connectivity index (χ4v) is 7.58. The van der Waals surface area contributed by atoms with Crippen molar-refractivity contribution in [2.45, 2.75) is 191 Å². The molecule has 6 atom stereocenters. The predicted molar refractivity (Wildman–Crippen MR) is 228 cm³/mol. The summed E-state index contributed by atoms with van der Waals surface area (Å²) >= 11 is 0. The van der Waals surface area contributed by atoms with Gasteiger partial charge in [0.15, 0.2) is 0 Å². The maximum Gasteiger partial charge on any atom is 0.330 e. The number of hydrogen-bond acceptors (Lipinski definition) is 11. The van der Waals surface area contributed by atoms with Crippen LogP contribution in [-0.4, -0.2) is 98.2 Å². The topological polar surface area (TPSA) is 109 Å². The first-order valence-electron chi connectivity index (χ1n) is 22.5. The van der Waals surface area contributed by atoms with E-state index in [4.69, 9.17) is 47.4 Å². The van der Waals surface area contributed by atoms with Crippen LogP contribution >= 0.6 is 0 Å². The third-order valence-corrected chi connectivity index (χ3v) is 10.9. The van der Waals surface area contributed by atoms with E-state index in [2.05, 4.69) is 19.1 Å². The second-order valence-electron chi connectivity index (χ2n) is 15.6. The van der Waals surface area contributed by atoms with Crippen LogP contribution in [0.2, 0.25) is 0 Å². The molecule has 0 amide bonds. The molecule has 58 heavy (non-hydrogen) atoms. The van der Waals surface area contributed by atoms with Crippen LogP contribution in [0.25, 0.3) is 0 Å². The molecule has 1 heterocycles. The van der Waals surface area contributed by atoms with Crippen LogP contribution in [0.15, 0.2) is 42.5 Å². The van der Waals surface area contributed by atoms with Gasteiger partial charge in [-0.05, 0) is 56.6 Å². The maximum atomic E-state index is 11.6. The zero-order chi connectivity index (χ0) is 41.7. The van der Waals surface area contributed by atoms with Crippen LogP contribution in [0.3, 0.4) is 0 Å². The molecule has 1 aliphatic rings. The summed E-state index contributed by atoms with van der Waals surface area (Å²) in [6, 6.07) is 10.2. The summed E-state index contributed by atoms with van der Waals surface area (Å²) in [5.74, 6) is -0.394. The van der Waals surface area contributed by atoms with Gasteiger partial charge in [-0.3, -0.25) is 0 Å². The lowest BCUT2D eigenvalue weighted by molar-refractivity contribution is -0.165. The molecule has 0 N–H and O–H groups in total. The van der Waals surface area contributed by atoms with Gasteiger partial charge >= 0.3 is 5.97 Å². The van der Waals surface area contributed by atoms with Crippen molar-refractivity contribution in [2.24, 2.45) is 0 Å². The van der Waals surface area contributed by atoms with Gasteiger partial charge in [-0.1, -0.05) is 134 Å². The predicted octanol–water partition coefficient (Wildman–Crippen LogP) is 10.6. The number of hydrogen-bond donors (Lipinski definition) is 0. The summed E-state index contributed by atoms with van der Waals surface area (Å²) in [6.45, 7) is 3.74. The molecule has 1 aliphatic heterocycles. The zero-order valence-corrected chi connectivity index (χ0v) is 37.1. The molecule has 1 saturated heterocycles. The molecule has 2 rings (SSSR count). The third-order valence-electron chi connectivity index (χ3n) is 10.9. The maximum absolute atomic E-state index is 11.6. The minimum Gasteiger partial charge on any atom is -0.466 e. The molecule has 0 bridgehead atoms. The van der Waals surface area contributed by atoms with E-state index in [1.165, 1.54) is 71.0 Å². The number of esters is 1. The van der Waals surface area contributed by atoms with Crippen LogP contribution in [-0.2, 0) is 58.8 Å². The van der Waals surface area contributed by atoms with Crippen molar-refractivity contribution in [3.63, 3.8) is 0 Å². The smallest absolute Gasteiger partial charge is 0.330 e. The first-order chi connectivity index (χ1) is 28.5. The normalized spacial score (nSPS) is 17.8. The largest absolute Gasteiger partial charge is 0.466 e. The van der Waals surface area contributed by atoms with Crippen LogP contribution in [0.5, 0.6) is 0 Å². The summed E-state index contributed by atoms with van der Waals surface area (Å²) in [5, 5.41) is 0. The average Bonchev–Trinajstić information content (AvgIpc) is 3.74. The van der Waals surface area contributed by atoms with Crippen molar-refractivity contribution in [3.05, 3.63) is 48.0 Å². The summed E-state index contributed by atoms with van der Waals surface area (Å²) in [6.07, 6.45) is 27.7.